The second-order valence-electron chi connectivity index (χ2n) is 6.02. The second kappa shape index (κ2) is 5.88. The number of hydrogen-bond donors (Lipinski definition) is 1. The Morgan fingerprint density at radius 2 is 1.71 bits per heavy atom. The van der Waals surface area contributed by atoms with Gasteiger partial charge in [0, 0.05) is 23.7 Å². The van der Waals surface area contributed by atoms with Gasteiger partial charge >= 0.3 is 0 Å². The molecule has 4 nitrogen and oxygen atoms in total. The lowest BCUT2D eigenvalue weighted by Crippen LogP contribution is -2.46. The zero-order valence-corrected chi connectivity index (χ0v) is 13.4. The number of benzene rings is 1. The molecule has 1 N–H and O–H groups in total. The van der Waals surface area contributed by atoms with Crippen LogP contribution < -0.4 is 0 Å². The maximum Gasteiger partial charge on any atom is 0.179 e. The van der Waals surface area contributed by atoms with E-state index in [0.717, 1.165) is 25.7 Å². The molecule has 2 aliphatic rings. The van der Waals surface area contributed by atoms with Gasteiger partial charge in [0.05, 0.1) is 16.8 Å². The lowest BCUT2D eigenvalue weighted by atomic mass is 10.0. The summed E-state index contributed by atoms with van der Waals surface area (Å²) in [6.45, 7) is 0.549. The molecule has 21 heavy (non-hydrogen) atoms. The van der Waals surface area contributed by atoms with Gasteiger partial charge in [-0.2, -0.15) is 0 Å². The summed E-state index contributed by atoms with van der Waals surface area (Å²) in [5.41, 5.74) is 0. The molecule has 1 aromatic rings. The van der Waals surface area contributed by atoms with Crippen molar-refractivity contribution in [2.24, 2.45) is 0 Å². The summed E-state index contributed by atoms with van der Waals surface area (Å²) in [5, 5.41) is 10.3. The highest BCUT2D eigenvalue weighted by atomic mass is 35.5. The van der Waals surface area contributed by atoms with Crippen molar-refractivity contribution in [3.8, 4) is 0 Å². The maximum atomic E-state index is 12.4. The minimum atomic E-state index is -3.27. The van der Waals surface area contributed by atoms with Crippen LogP contribution in [0.4, 0.5) is 0 Å². The second-order valence-corrected chi connectivity index (χ2v) is 8.57. The summed E-state index contributed by atoms with van der Waals surface area (Å²) in [4.78, 5) is 2.61. The SMILES string of the molecule is O=S(=O)(CCN1C2CCC1CC(O)C2)c1ccc(Cl)cc1. The summed E-state index contributed by atoms with van der Waals surface area (Å²) in [6, 6.07) is 7.03. The van der Waals surface area contributed by atoms with Crippen molar-refractivity contribution in [1.29, 1.82) is 0 Å². The Kier molecular flexibility index (Phi) is 4.28. The van der Waals surface area contributed by atoms with E-state index in [-0.39, 0.29) is 11.9 Å². The maximum absolute atomic E-state index is 12.4. The van der Waals surface area contributed by atoms with E-state index in [1.807, 2.05) is 0 Å². The van der Waals surface area contributed by atoms with Crippen LogP contribution in [0.3, 0.4) is 0 Å². The Hall–Kier alpha value is -0.620. The van der Waals surface area contributed by atoms with E-state index in [1.54, 1.807) is 24.3 Å². The number of aliphatic hydroxyl groups is 1. The Labute approximate surface area is 130 Å². The number of aliphatic hydroxyl groups excluding tert-OH is 1. The van der Waals surface area contributed by atoms with Gasteiger partial charge in [0.1, 0.15) is 0 Å². The predicted octanol–water partition coefficient (Wildman–Crippen LogP) is 2.10. The van der Waals surface area contributed by atoms with Gasteiger partial charge in [-0.1, -0.05) is 11.6 Å². The number of halogens is 1. The van der Waals surface area contributed by atoms with Crippen molar-refractivity contribution in [3.05, 3.63) is 29.3 Å². The standard InChI is InChI=1S/C15H20ClNO3S/c16-11-1-5-15(6-2-11)21(19,20)8-7-17-12-3-4-13(17)10-14(18)9-12/h1-2,5-6,12-14,18H,3-4,7-10H2. The monoisotopic (exact) mass is 329 g/mol. The molecular weight excluding hydrogens is 310 g/mol. The topological polar surface area (TPSA) is 57.6 Å². The third-order valence-corrected chi connectivity index (χ3v) is 6.61. The highest BCUT2D eigenvalue weighted by Crippen LogP contribution is 2.35. The molecule has 2 bridgehead atoms. The van der Waals surface area contributed by atoms with Crippen molar-refractivity contribution in [1.82, 2.24) is 4.90 Å². The fourth-order valence-electron chi connectivity index (χ4n) is 3.60. The van der Waals surface area contributed by atoms with E-state index in [1.165, 1.54) is 0 Å². The van der Waals surface area contributed by atoms with Crippen LogP contribution in [0, 0.1) is 0 Å². The van der Waals surface area contributed by atoms with Crippen LogP contribution in [0.15, 0.2) is 29.2 Å². The molecule has 2 heterocycles. The zero-order valence-electron chi connectivity index (χ0n) is 11.8. The van der Waals surface area contributed by atoms with Gasteiger partial charge in [-0.15, -0.1) is 0 Å². The number of fused-ring (bicyclic) bond motifs is 2. The molecule has 0 aliphatic carbocycles. The van der Waals surface area contributed by atoms with Crippen molar-refractivity contribution in [2.45, 2.75) is 48.8 Å². The minimum Gasteiger partial charge on any atom is -0.393 e. The number of hydrogen-bond acceptors (Lipinski definition) is 4. The molecule has 2 unspecified atom stereocenters. The normalized spacial score (nSPS) is 29.7. The van der Waals surface area contributed by atoms with Gasteiger partial charge < -0.3 is 5.11 Å². The first-order valence-electron chi connectivity index (χ1n) is 7.38. The fourth-order valence-corrected chi connectivity index (χ4v) is 4.96. The summed E-state index contributed by atoms with van der Waals surface area (Å²) >= 11 is 5.79. The van der Waals surface area contributed by atoms with Crippen LogP contribution in [0.1, 0.15) is 25.7 Å². The Morgan fingerprint density at radius 1 is 1.14 bits per heavy atom. The number of nitrogens with zero attached hydrogens (tertiary/aromatic N) is 1. The highest BCUT2D eigenvalue weighted by Gasteiger charge is 2.40. The lowest BCUT2D eigenvalue weighted by Gasteiger charge is -2.37. The molecular formula is C15H20ClNO3S. The van der Waals surface area contributed by atoms with E-state index in [9.17, 15) is 13.5 Å². The molecule has 0 aromatic heterocycles. The van der Waals surface area contributed by atoms with Crippen molar-refractivity contribution < 1.29 is 13.5 Å². The molecule has 6 heteroatoms. The van der Waals surface area contributed by atoms with E-state index in [0.29, 0.717) is 28.5 Å². The molecule has 0 amide bonds. The van der Waals surface area contributed by atoms with Gasteiger partial charge in [0.15, 0.2) is 9.84 Å². The zero-order chi connectivity index (χ0) is 15.0. The largest absolute Gasteiger partial charge is 0.393 e. The number of rotatable bonds is 4. The molecule has 0 spiro atoms. The highest BCUT2D eigenvalue weighted by molar-refractivity contribution is 7.91. The summed E-state index contributed by atoms with van der Waals surface area (Å²) in [7, 11) is -3.27. The number of sulfone groups is 1. The minimum absolute atomic E-state index is 0.123. The average Bonchev–Trinajstić information content (AvgIpc) is 2.68. The Balaban J connectivity index is 1.66. The first kappa shape index (κ1) is 15.3. The van der Waals surface area contributed by atoms with Crippen LogP contribution in [-0.4, -0.2) is 48.9 Å². The van der Waals surface area contributed by atoms with Crippen LogP contribution in [0.25, 0.3) is 0 Å². The van der Waals surface area contributed by atoms with E-state index < -0.39 is 9.84 Å². The van der Waals surface area contributed by atoms with Crippen molar-refractivity contribution in [3.63, 3.8) is 0 Å². The van der Waals surface area contributed by atoms with Crippen LogP contribution in [0.5, 0.6) is 0 Å². The molecule has 1 aromatic carbocycles. The molecule has 3 rings (SSSR count). The number of piperidine rings is 1. The third-order valence-electron chi connectivity index (χ3n) is 4.65. The molecule has 2 saturated heterocycles. The smallest absolute Gasteiger partial charge is 0.179 e. The molecule has 116 valence electrons. The van der Waals surface area contributed by atoms with Crippen LogP contribution >= 0.6 is 11.6 Å². The van der Waals surface area contributed by atoms with Gasteiger partial charge in [0.2, 0.25) is 0 Å². The molecule has 2 aliphatic heterocycles. The van der Waals surface area contributed by atoms with Crippen LogP contribution in [0.2, 0.25) is 5.02 Å². The van der Waals surface area contributed by atoms with Gasteiger partial charge in [-0.25, -0.2) is 8.42 Å². The summed E-state index contributed by atoms with van der Waals surface area (Å²) in [5.74, 6) is 0.123. The van der Waals surface area contributed by atoms with E-state index >= 15 is 0 Å². The first-order chi connectivity index (χ1) is 9.95. The molecule has 0 radical (unpaired) electrons. The lowest BCUT2D eigenvalue weighted by molar-refractivity contribution is 0.0391. The Bertz CT molecular complexity index is 588. The summed E-state index contributed by atoms with van der Waals surface area (Å²) < 4.78 is 24.7. The van der Waals surface area contributed by atoms with Crippen molar-refractivity contribution in [2.75, 3.05) is 12.3 Å². The van der Waals surface area contributed by atoms with Gasteiger partial charge in [-0.3, -0.25) is 4.90 Å². The Morgan fingerprint density at radius 3 is 2.29 bits per heavy atom. The average molecular weight is 330 g/mol. The van der Waals surface area contributed by atoms with Gasteiger partial charge in [0.25, 0.3) is 0 Å². The third kappa shape index (κ3) is 3.26. The van der Waals surface area contributed by atoms with E-state index in [2.05, 4.69) is 4.90 Å². The molecule has 2 fully saturated rings. The first-order valence-corrected chi connectivity index (χ1v) is 9.41. The molecule has 0 saturated carbocycles. The predicted molar refractivity (Wildman–Crippen MR) is 82.3 cm³/mol. The van der Waals surface area contributed by atoms with Crippen LogP contribution in [-0.2, 0) is 9.84 Å². The fraction of sp³-hybridized carbons (Fsp3) is 0.600. The summed E-state index contributed by atoms with van der Waals surface area (Å²) in [6.07, 6.45) is 3.48. The van der Waals surface area contributed by atoms with E-state index in [4.69, 9.17) is 11.6 Å². The quantitative estimate of drug-likeness (QED) is 0.919. The van der Waals surface area contributed by atoms with Crippen molar-refractivity contribution >= 4 is 21.4 Å². The van der Waals surface area contributed by atoms with Gasteiger partial charge in [-0.05, 0) is 49.9 Å². The molecule has 2 atom stereocenters.